The van der Waals surface area contributed by atoms with Gasteiger partial charge in [0.1, 0.15) is 5.82 Å². The molecule has 1 aliphatic rings. The van der Waals surface area contributed by atoms with Gasteiger partial charge in [0, 0.05) is 24.7 Å². The van der Waals surface area contributed by atoms with Crippen LogP contribution in [-0.4, -0.2) is 34.0 Å². The van der Waals surface area contributed by atoms with Gasteiger partial charge in [-0.15, -0.1) is 0 Å². The van der Waals surface area contributed by atoms with Crippen molar-refractivity contribution in [2.75, 3.05) is 13.1 Å². The fraction of sp³-hybridized carbons (Fsp3) is 0.389. The van der Waals surface area contributed by atoms with Crippen LogP contribution in [0.2, 0.25) is 0 Å². The molecule has 0 spiro atoms. The summed E-state index contributed by atoms with van der Waals surface area (Å²) in [5, 5.41) is 3.95. The molecular formula is C18H20FN3O2. The number of nitrogens with zero attached hydrogens (tertiary/aromatic N) is 3. The van der Waals surface area contributed by atoms with Gasteiger partial charge in [-0.1, -0.05) is 22.9 Å². The number of piperidine rings is 1. The number of amides is 1. The number of carbonyl (C=O) groups excluding carboxylic acids is 1. The molecule has 126 valence electrons. The third-order valence-electron chi connectivity index (χ3n) is 4.02. The van der Waals surface area contributed by atoms with E-state index in [0.717, 1.165) is 25.0 Å². The Morgan fingerprint density at radius 3 is 3.00 bits per heavy atom. The molecular weight excluding hydrogens is 309 g/mol. The molecule has 0 bridgehead atoms. The number of allylic oxidation sites excluding steroid dienone is 1. The lowest BCUT2D eigenvalue weighted by Crippen LogP contribution is -2.38. The lowest BCUT2D eigenvalue weighted by Gasteiger charge is -2.30. The van der Waals surface area contributed by atoms with E-state index in [0.29, 0.717) is 23.8 Å². The fourth-order valence-electron chi connectivity index (χ4n) is 2.86. The number of carbonyl (C=O) groups is 1. The van der Waals surface area contributed by atoms with Gasteiger partial charge in [0.15, 0.2) is 0 Å². The van der Waals surface area contributed by atoms with E-state index in [2.05, 4.69) is 10.1 Å². The van der Waals surface area contributed by atoms with Gasteiger partial charge in [-0.25, -0.2) is 4.39 Å². The van der Waals surface area contributed by atoms with Gasteiger partial charge in [-0.2, -0.15) is 4.98 Å². The van der Waals surface area contributed by atoms with Crippen LogP contribution in [0.1, 0.15) is 38.5 Å². The zero-order valence-corrected chi connectivity index (χ0v) is 13.8. The Balaban J connectivity index is 1.75. The summed E-state index contributed by atoms with van der Waals surface area (Å²) in [6.45, 7) is 5.11. The topological polar surface area (TPSA) is 59.2 Å². The maximum atomic E-state index is 13.3. The number of aromatic nitrogens is 2. The molecule has 5 nitrogen and oxygen atoms in total. The van der Waals surface area contributed by atoms with Crippen LogP contribution in [0.25, 0.3) is 11.4 Å². The van der Waals surface area contributed by atoms with Crippen LogP contribution < -0.4 is 0 Å². The number of benzene rings is 1. The van der Waals surface area contributed by atoms with Gasteiger partial charge in [-0.3, -0.25) is 4.79 Å². The molecule has 1 aliphatic heterocycles. The zero-order chi connectivity index (χ0) is 17.1. The highest BCUT2D eigenvalue weighted by Gasteiger charge is 2.28. The Labute approximate surface area is 140 Å². The van der Waals surface area contributed by atoms with E-state index >= 15 is 0 Å². The quantitative estimate of drug-likeness (QED) is 0.808. The first kappa shape index (κ1) is 16.4. The molecule has 24 heavy (non-hydrogen) atoms. The second kappa shape index (κ2) is 6.95. The van der Waals surface area contributed by atoms with Crippen molar-refractivity contribution >= 4 is 5.91 Å². The van der Waals surface area contributed by atoms with Crippen LogP contribution in [0.3, 0.4) is 0 Å². The van der Waals surface area contributed by atoms with Crippen LogP contribution in [-0.2, 0) is 4.79 Å². The molecule has 6 heteroatoms. The first-order chi connectivity index (χ1) is 11.5. The fourth-order valence-corrected chi connectivity index (χ4v) is 2.86. The van der Waals surface area contributed by atoms with E-state index in [4.69, 9.17) is 4.52 Å². The van der Waals surface area contributed by atoms with Crippen molar-refractivity contribution in [2.45, 2.75) is 32.6 Å². The average molecular weight is 329 g/mol. The number of likely N-dealkylation sites (tertiary alicyclic amines) is 1. The first-order valence-electron chi connectivity index (χ1n) is 8.06. The monoisotopic (exact) mass is 329 g/mol. The van der Waals surface area contributed by atoms with Gasteiger partial charge < -0.3 is 9.42 Å². The molecule has 1 atom stereocenters. The molecule has 1 fully saturated rings. The van der Waals surface area contributed by atoms with E-state index in [-0.39, 0.29) is 17.6 Å². The molecule has 0 unspecified atom stereocenters. The first-order valence-corrected chi connectivity index (χ1v) is 8.06. The van der Waals surface area contributed by atoms with E-state index in [9.17, 15) is 9.18 Å². The molecule has 3 rings (SSSR count). The van der Waals surface area contributed by atoms with E-state index in [1.807, 2.05) is 18.7 Å². The molecule has 0 aliphatic carbocycles. The summed E-state index contributed by atoms with van der Waals surface area (Å²) in [4.78, 5) is 18.4. The Hall–Kier alpha value is -2.50. The second-order valence-corrected chi connectivity index (χ2v) is 6.31. The summed E-state index contributed by atoms with van der Waals surface area (Å²) >= 11 is 0. The van der Waals surface area contributed by atoms with Gasteiger partial charge in [0.25, 0.3) is 0 Å². The van der Waals surface area contributed by atoms with Gasteiger partial charge in [0.05, 0.1) is 5.92 Å². The molecule has 1 saturated heterocycles. The molecule has 2 aromatic rings. The summed E-state index contributed by atoms with van der Waals surface area (Å²) in [5.41, 5.74) is 1.56. The predicted molar refractivity (Wildman–Crippen MR) is 87.7 cm³/mol. The van der Waals surface area contributed by atoms with Crippen molar-refractivity contribution in [3.05, 3.63) is 47.6 Å². The smallest absolute Gasteiger partial charge is 0.246 e. The highest BCUT2D eigenvalue weighted by Crippen LogP contribution is 2.28. The van der Waals surface area contributed by atoms with E-state index in [1.54, 1.807) is 18.2 Å². The lowest BCUT2D eigenvalue weighted by molar-refractivity contribution is -0.127. The number of hydrogen-bond donors (Lipinski definition) is 0. The SMILES string of the molecule is CC(C)=CC(=O)N1CCC[C@@H](c2nc(-c3cccc(F)c3)no2)C1. The van der Waals surface area contributed by atoms with E-state index < -0.39 is 0 Å². The third kappa shape index (κ3) is 3.69. The van der Waals surface area contributed by atoms with E-state index in [1.165, 1.54) is 12.1 Å². The maximum Gasteiger partial charge on any atom is 0.246 e. The van der Waals surface area contributed by atoms with Crippen molar-refractivity contribution in [1.82, 2.24) is 15.0 Å². The van der Waals surface area contributed by atoms with Gasteiger partial charge in [0.2, 0.25) is 17.6 Å². The van der Waals surface area contributed by atoms with Crippen molar-refractivity contribution < 1.29 is 13.7 Å². The average Bonchev–Trinajstić information content (AvgIpc) is 3.04. The summed E-state index contributed by atoms with van der Waals surface area (Å²) < 4.78 is 18.7. The zero-order valence-electron chi connectivity index (χ0n) is 13.8. The Morgan fingerprint density at radius 2 is 2.25 bits per heavy atom. The van der Waals surface area contributed by atoms with Crippen LogP contribution in [0.4, 0.5) is 4.39 Å². The minimum Gasteiger partial charge on any atom is -0.339 e. The normalized spacial score (nSPS) is 17.6. The van der Waals surface area contributed by atoms with Gasteiger partial charge >= 0.3 is 0 Å². The third-order valence-corrected chi connectivity index (χ3v) is 4.02. The largest absolute Gasteiger partial charge is 0.339 e. The summed E-state index contributed by atoms with van der Waals surface area (Å²) in [5.74, 6) is 0.573. The van der Waals surface area contributed by atoms with Crippen molar-refractivity contribution in [2.24, 2.45) is 0 Å². The predicted octanol–water partition coefficient (Wildman–Crippen LogP) is 3.55. The maximum absolute atomic E-state index is 13.3. The highest BCUT2D eigenvalue weighted by atomic mass is 19.1. The van der Waals surface area contributed by atoms with Crippen LogP contribution in [0.15, 0.2) is 40.4 Å². The Bertz CT molecular complexity index is 765. The molecule has 2 heterocycles. The molecule has 1 aromatic carbocycles. The Kier molecular flexibility index (Phi) is 4.74. The standard InChI is InChI=1S/C18H20FN3O2/c1-12(2)9-16(23)22-8-4-6-14(11-22)18-20-17(21-24-18)13-5-3-7-15(19)10-13/h3,5,7,9-10,14H,4,6,8,11H2,1-2H3/t14-/m1/s1. The number of halogens is 1. The van der Waals surface area contributed by atoms with Crippen molar-refractivity contribution in [3.8, 4) is 11.4 Å². The minimum absolute atomic E-state index is 0.0167. The second-order valence-electron chi connectivity index (χ2n) is 6.31. The molecule has 1 aromatic heterocycles. The van der Waals surface area contributed by atoms with Crippen molar-refractivity contribution in [1.29, 1.82) is 0 Å². The summed E-state index contributed by atoms with van der Waals surface area (Å²) in [6.07, 6.45) is 3.43. The number of hydrogen-bond acceptors (Lipinski definition) is 4. The highest BCUT2D eigenvalue weighted by molar-refractivity contribution is 5.88. The van der Waals surface area contributed by atoms with Crippen LogP contribution in [0, 0.1) is 5.82 Å². The van der Waals surface area contributed by atoms with Gasteiger partial charge in [-0.05, 0) is 38.8 Å². The minimum atomic E-state index is -0.338. The summed E-state index contributed by atoms with van der Waals surface area (Å²) in [6, 6.07) is 6.10. The van der Waals surface area contributed by atoms with Crippen molar-refractivity contribution in [3.63, 3.8) is 0 Å². The lowest BCUT2D eigenvalue weighted by atomic mass is 9.97. The Morgan fingerprint density at radius 1 is 1.42 bits per heavy atom. The molecule has 0 saturated carbocycles. The van der Waals surface area contributed by atoms with Crippen LogP contribution in [0.5, 0.6) is 0 Å². The molecule has 0 N–H and O–H groups in total. The molecule has 1 amide bonds. The number of rotatable bonds is 3. The summed E-state index contributed by atoms with van der Waals surface area (Å²) in [7, 11) is 0. The molecule has 0 radical (unpaired) electrons. The van der Waals surface area contributed by atoms with Crippen LogP contribution >= 0.6 is 0 Å².